The molecular formula is C30H26N4O5. The molecule has 2 N–H and O–H groups in total. The van der Waals surface area contributed by atoms with E-state index in [1.54, 1.807) is 31.3 Å². The maximum Gasteiger partial charge on any atom is 0.338 e. The van der Waals surface area contributed by atoms with Crippen LogP contribution in [0.4, 0.5) is 11.4 Å². The van der Waals surface area contributed by atoms with Gasteiger partial charge in [0, 0.05) is 41.8 Å². The van der Waals surface area contributed by atoms with Crippen LogP contribution in [0.1, 0.15) is 28.4 Å². The van der Waals surface area contributed by atoms with E-state index in [1.807, 2.05) is 60.3 Å². The predicted octanol–water partition coefficient (Wildman–Crippen LogP) is 4.97. The number of imidazole rings is 1. The van der Waals surface area contributed by atoms with E-state index in [0.29, 0.717) is 52.8 Å². The summed E-state index contributed by atoms with van der Waals surface area (Å²) in [5, 5.41) is 6.37. The number of carbonyl (C=O) groups excluding carboxylic acids is 2. The van der Waals surface area contributed by atoms with Crippen molar-refractivity contribution < 1.29 is 23.8 Å². The second-order valence-corrected chi connectivity index (χ2v) is 9.11. The van der Waals surface area contributed by atoms with Gasteiger partial charge in [-0.15, -0.1) is 0 Å². The van der Waals surface area contributed by atoms with Crippen molar-refractivity contribution in [3.8, 4) is 22.9 Å². The standard InChI is InChI=1S/C30H26N4O5/c1-3-37-30(36)20-6-10-22-23(16-20)33-29(35)26(22)27(19-7-11-24-25(17-19)39-15-14-38-24)32-21-8-4-18(5-9-21)28-31-12-13-34(28)2/h4-13,16-17,32H,3,14-15H2,1-2H3,(H,33,35). The number of aryl methyl sites for hydroxylation is 1. The molecule has 1 amide bonds. The van der Waals surface area contributed by atoms with E-state index in [9.17, 15) is 9.59 Å². The minimum atomic E-state index is -0.440. The highest BCUT2D eigenvalue weighted by molar-refractivity contribution is 6.37. The molecule has 0 saturated carbocycles. The molecule has 6 rings (SSSR count). The zero-order valence-corrected chi connectivity index (χ0v) is 21.5. The van der Waals surface area contributed by atoms with Gasteiger partial charge in [-0.1, -0.05) is 6.07 Å². The monoisotopic (exact) mass is 522 g/mol. The Bertz CT molecular complexity index is 1620. The summed E-state index contributed by atoms with van der Waals surface area (Å²) in [4.78, 5) is 30.1. The van der Waals surface area contributed by atoms with Crippen molar-refractivity contribution >= 4 is 34.5 Å². The van der Waals surface area contributed by atoms with Gasteiger partial charge >= 0.3 is 5.97 Å². The maximum atomic E-state index is 13.4. The molecule has 9 heteroatoms. The van der Waals surface area contributed by atoms with Crippen LogP contribution >= 0.6 is 0 Å². The van der Waals surface area contributed by atoms with Gasteiger partial charge in [-0.05, 0) is 61.5 Å². The van der Waals surface area contributed by atoms with Crippen molar-refractivity contribution in [1.29, 1.82) is 0 Å². The van der Waals surface area contributed by atoms with E-state index in [2.05, 4.69) is 15.6 Å². The second kappa shape index (κ2) is 10.0. The Balaban J connectivity index is 1.44. The number of rotatable bonds is 6. The predicted molar refractivity (Wildman–Crippen MR) is 148 cm³/mol. The lowest BCUT2D eigenvalue weighted by Crippen LogP contribution is -2.16. The zero-order valence-electron chi connectivity index (χ0n) is 21.5. The van der Waals surface area contributed by atoms with E-state index < -0.39 is 5.97 Å². The lowest BCUT2D eigenvalue weighted by atomic mass is 9.98. The quantitative estimate of drug-likeness (QED) is 0.272. The molecule has 2 aliphatic rings. The number of aromatic nitrogens is 2. The van der Waals surface area contributed by atoms with Crippen LogP contribution in [0.3, 0.4) is 0 Å². The number of nitrogens with zero attached hydrogens (tertiary/aromatic N) is 2. The van der Waals surface area contributed by atoms with Gasteiger partial charge in [0.15, 0.2) is 11.5 Å². The van der Waals surface area contributed by atoms with Crippen LogP contribution in [0.15, 0.2) is 73.1 Å². The molecule has 0 saturated heterocycles. The van der Waals surface area contributed by atoms with Gasteiger partial charge in [-0.2, -0.15) is 0 Å². The zero-order chi connectivity index (χ0) is 26.9. The van der Waals surface area contributed by atoms with Crippen LogP contribution < -0.4 is 20.1 Å². The van der Waals surface area contributed by atoms with Crippen LogP contribution in [-0.4, -0.2) is 41.2 Å². The van der Waals surface area contributed by atoms with Crippen LogP contribution in [0.2, 0.25) is 0 Å². The Morgan fingerprint density at radius 3 is 2.54 bits per heavy atom. The van der Waals surface area contributed by atoms with Crippen molar-refractivity contribution in [2.75, 3.05) is 30.5 Å². The van der Waals surface area contributed by atoms with Crippen LogP contribution in [0.5, 0.6) is 11.5 Å². The molecule has 4 aromatic rings. The first-order valence-electron chi connectivity index (χ1n) is 12.6. The summed E-state index contributed by atoms with van der Waals surface area (Å²) in [5.41, 5.74) is 5.14. The number of nitrogens with one attached hydrogen (secondary N) is 2. The molecular weight excluding hydrogens is 496 g/mol. The number of ether oxygens (including phenoxy) is 3. The second-order valence-electron chi connectivity index (χ2n) is 9.11. The van der Waals surface area contributed by atoms with Gasteiger partial charge in [0.1, 0.15) is 19.0 Å². The molecule has 3 heterocycles. The third kappa shape index (κ3) is 4.59. The normalized spacial score (nSPS) is 14.9. The summed E-state index contributed by atoms with van der Waals surface area (Å²) < 4.78 is 18.6. The highest BCUT2D eigenvalue weighted by Gasteiger charge is 2.30. The lowest BCUT2D eigenvalue weighted by Gasteiger charge is -2.21. The number of amides is 1. The number of fused-ring (bicyclic) bond motifs is 2. The summed E-state index contributed by atoms with van der Waals surface area (Å²) in [6, 6.07) is 18.5. The van der Waals surface area contributed by atoms with Crippen LogP contribution in [0, 0.1) is 0 Å². The van der Waals surface area contributed by atoms with Crippen LogP contribution in [-0.2, 0) is 16.6 Å². The highest BCUT2D eigenvalue weighted by atomic mass is 16.6. The van der Waals surface area contributed by atoms with E-state index in [-0.39, 0.29) is 12.5 Å². The molecule has 0 fully saturated rings. The van der Waals surface area contributed by atoms with Crippen molar-refractivity contribution in [1.82, 2.24) is 9.55 Å². The number of anilines is 2. The van der Waals surface area contributed by atoms with E-state index in [1.165, 1.54) is 0 Å². The molecule has 196 valence electrons. The molecule has 0 aliphatic carbocycles. The molecule has 0 spiro atoms. The van der Waals surface area contributed by atoms with Gasteiger partial charge in [0.05, 0.1) is 29.1 Å². The summed E-state index contributed by atoms with van der Waals surface area (Å²) in [5.74, 6) is 1.40. The SMILES string of the molecule is CCOC(=O)c1ccc2c(c1)NC(=O)C2=C(Nc1ccc(-c2nccn2C)cc1)c1ccc2c(c1)OCCO2. The molecule has 0 bridgehead atoms. The van der Waals surface area contributed by atoms with Gasteiger partial charge in [0.25, 0.3) is 5.91 Å². The summed E-state index contributed by atoms with van der Waals surface area (Å²) in [7, 11) is 1.95. The first-order valence-corrected chi connectivity index (χ1v) is 12.6. The number of esters is 1. The fraction of sp³-hybridized carbons (Fsp3) is 0.167. The third-order valence-electron chi connectivity index (χ3n) is 6.59. The van der Waals surface area contributed by atoms with E-state index in [4.69, 9.17) is 14.2 Å². The van der Waals surface area contributed by atoms with Gasteiger partial charge in [-0.25, -0.2) is 9.78 Å². The average Bonchev–Trinajstić information content (AvgIpc) is 3.53. The van der Waals surface area contributed by atoms with Crippen molar-refractivity contribution in [2.24, 2.45) is 7.05 Å². The lowest BCUT2D eigenvalue weighted by molar-refractivity contribution is -0.110. The topological polar surface area (TPSA) is 104 Å². The first kappa shape index (κ1) is 24.3. The number of hydrogen-bond acceptors (Lipinski definition) is 7. The Kier molecular flexibility index (Phi) is 6.24. The van der Waals surface area contributed by atoms with Crippen molar-refractivity contribution in [3.63, 3.8) is 0 Å². The Labute approximate surface area is 225 Å². The smallest absolute Gasteiger partial charge is 0.338 e. The van der Waals surface area contributed by atoms with Gasteiger partial charge in [0.2, 0.25) is 0 Å². The molecule has 39 heavy (non-hydrogen) atoms. The fourth-order valence-electron chi connectivity index (χ4n) is 4.73. The molecule has 3 aromatic carbocycles. The average molecular weight is 523 g/mol. The van der Waals surface area contributed by atoms with Crippen molar-refractivity contribution in [3.05, 3.63) is 89.7 Å². The molecule has 2 aliphatic heterocycles. The van der Waals surface area contributed by atoms with Crippen LogP contribution in [0.25, 0.3) is 22.7 Å². The highest BCUT2D eigenvalue weighted by Crippen LogP contribution is 2.40. The largest absolute Gasteiger partial charge is 0.486 e. The van der Waals surface area contributed by atoms with Gasteiger partial charge in [-0.3, -0.25) is 4.79 Å². The summed E-state index contributed by atoms with van der Waals surface area (Å²) in [6.07, 6.45) is 3.66. The summed E-state index contributed by atoms with van der Waals surface area (Å²) >= 11 is 0. The fourth-order valence-corrected chi connectivity index (χ4v) is 4.73. The molecule has 0 unspecified atom stereocenters. The van der Waals surface area contributed by atoms with Gasteiger partial charge < -0.3 is 29.4 Å². The van der Waals surface area contributed by atoms with E-state index >= 15 is 0 Å². The Hall–Kier alpha value is -5.05. The summed E-state index contributed by atoms with van der Waals surface area (Å²) in [6.45, 7) is 2.95. The molecule has 9 nitrogen and oxygen atoms in total. The minimum absolute atomic E-state index is 0.268. The number of hydrogen-bond donors (Lipinski definition) is 2. The number of carbonyl (C=O) groups is 2. The maximum absolute atomic E-state index is 13.4. The molecule has 0 atom stereocenters. The van der Waals surface area contributed by atoms with E-state index in [0.717, 1.165) is 22.6 Å². The first-order chi connectivity index (χ1) is 19.0. The number of benzene rings is 3. The molecule has 0 radical (unpaired) electrons. The third-order valence-corrected chi connectivity index (χ3v) is 6.59. The minimum Gasteiger partial charge on any atom is -0.486 e. The Morgan fingerprint density at radius 1 is 1.03 bits per heavy atom. The molecule has 1 aromatic heterocycles. The van der Waals surface area contributed by atoms with Crippen molar-refractivity contribution in [2.45, 2.75) is 6.92 Å². The Morgan fingerprint density at radius 2 is 1.79 bits per heavy atom.